The first-order chi connectivity index (χ1) is 10.4. The van der Waals surface area contributed by atoms with Crippen LogP contribution < -0.4 is 10.7 Å². The number of hydrazone groups is 1. The summed E-state index contributed by atoms with van der Waals surface area (Å²) in [5, 5.41) is 7.79. The van der Waals surface area contributed by atoms with Gasteiger partial charge in [-0.25, -0.2) is 0 Å². The molecule has 2 saturated carbocycles. The van der Waals surface area contributed by atoms with Crippen molar-refractivity contribution in [3.63, 3.8) is 0 Å². The van der Waals surface area contributed by atoms with Gasteiger partial charge < -0.3 is 5.32 Å². The minimum Gasteiger partial charge on any atom is -0.331 e. The van der Waals surface area contributed by atoms with Crippen LogP contribution in [0.15, 0.2) is 35.4 Å². The van der Waals surface area contributed by atoms with E-state index >= 15 is 0 Å². The zero-order valence-electron chi connectivity index (χ0n) is 13.1. The molecular formula is C17H21N3OS. The van der Waals surface area contributed by atoms with Crippen LogP contribution in [0, 0.1) is 16.7 Å². The molecule has 0 saturated heterocycles. The number of carbonyl (C=O) groups is 1. The summed E-state index contributed by atoms with van der Waals surface area (Å²) < 4.78 is 0. The van der Waals surface area contributed by atoms with E-state index in [1.165, 1.54) is 0 Å². The topological polar surface area (TPSA) is 53.5 Å². The molecule has 2 fully saturated rings. The van der Waals surface area contributed by atoms with Gasteiger partial charge in [-0.2, -0.15) is 5.10 Å². The van der Waals surface area contributed by atoms with Crippen molar-refractivity contribution in [2.24, 2.45) is 21.8 Å². The van der Waals surface area contributed by atoms with Gasteiger partial charge in [0, 0.05) is 17.0 Å². The predicted molar refractivity (Wildman–Crippen MR) is 92.9 cm³/mol. The smallest absolute Gasteiger partial charge is 0.191 e. The molecule has 22 heavy (non-hydrogen) atoms. The molecule has 116 valence electrons. The molecule has 4 nitrogen and oxygen atoms in total. The van der Waals surface area contributed by atoms with E-state index in [0.29, 0.717) is 10.8 Å². The van der Waals surface area contributed by atoms with Crippen LogP contribution in [0.3, 0.4) is 0 Å². The van der Waals surface area contributed by atoms with Crippen LogP contribution in [-0.4, -0.2) is 16.6 Å². The Labute approximate surface area is 136 Å². The molecule has 3 rings (SSSR count). The van der Waals surface area contributed by atoms with Crippen molar-refractivity contribution >= 4 is 34.5 Å². The third kappa shape index (κ3) is 2.15. The number of benzene rings is 1. The van der Waals surface area contributed by atoms with Crippen molar-refractivity contribution in [1.29, 1.82) is 0 Å². The fourth-order valence-corrected chi connectivity index (χ4v) is 3.91. The van der Waals surface area contributed by atoms with Crippen molar-refractivity contribution in [2.75, 3.05) is 5.32 Å². The number of hydrogen-bond donors (Lipinski definition) is 2. The van der Waals surface area contributed by atoms with Gasteiger partial charge in [-0.15, -0.1) is 0 Å². The average Bonchev–Trinajstić information content (AvgIpc) is 2.79. The number of fused-ring (bicyclic) bond motifs is 2. The molecule has 2 N–H and O–H groups in total. The first-order valence-corrected chi connectivity index (χ1v) is 8.01. The molecule has 0 aliphatic heterocycles. The molecule has 5 heteroatoms. The maximum Gasteiger partial charge on any atom is 0.191 e. The lowest BCUT2D eigenvalue weighted by molar-refractivity contribution is -0.123. The summed E-state index contributed by atoms with van der Waals surface area (Å²) in [7, 11) is 0. The quantitative estimate of drug-likeness (QED) is 0.649. The molecule has 0 radical (unpaired) electrons. The fraction of sp³-hybridized carbons (Fsp3) is 0.471. The molecule has 2 atom stereocenters. The van der Waals surface area contributed by atoms with Crippen molar-refractivity contribution in [1.82, 2.24) is 5.43 Å². The number of thiocarbonyl (C=S) groups is 1. The Morgan fingerprint density at radius 2 is 1.95 bits per heavy atom. The Morgan fingerprint density at radius 1 is 1.27 bits per heavy atom. The van der Waals surface area contributed by atoms with Crippen LogP contribution >= 0.6 is 12.2 Å². The van der Waals surface area contributed by atoms with Crippen LogP contribution in [0.1, 0.15) is 33.6 Å². The molecule has 1 aromatic rings. The van der Waals surface area contributed by atoms with Crippen molar-refractivity contribution in [3.8, 4) is 0 Å². The molecule has 0 amide bonds. The summed E-state index contributed by atoms with van der Waals surface area (Å²) in [5.41, 5.74) is 4.06. The van der Waals surface area contributed by atoms with Crippen molar-refractivity contribution in [3.05, 3.63) is 30.3 Å². The van der Waals surface area contributed by atoms with Gasteiger partial charge in [0.15, 0.2) is 10.9 Å². The van der Waals surface area contributed by atoms with Gasteiger partial charge in [0.05, 0.1) is 0 Å². The van der Waals surface area contributed by atoms with Crippen LogP contribution in [0.5, 0.6) is 0 Å². The average molecular weight is 315 g/mol. The second-order valence-electron chi connectivity index (χ2n) is 6.90. The van der Waals surface area contributed by atoms with Gasteiger partial charge in [-0.05, 0) is 42.6 Å². The predicted octanol–water partition coefficient (Wildman–Crippen LogP) is 3.35. The Balaban J connectivity index is 1.72. The van der Waals surface area contributed by atoms with Crippen LogP contribution in [0.2, 0.25) is 0 Å². The highest BCUT2D eigenvalue weighted by molar-refractivity contribution is 7.80. The number of anilines is 1. The molecule has 0 spiro atoms. The Morgan fingerprint density at radius 3 is 2.55 bits per heavy atom. The summed E-state index contributed by atoms with van der Waals surface area (Å²) >= 11 is 5.24. The van der Waals surface area contributed by atoms with Gasteiger partial charge in [-0.3, -0.25) is 10.2 Å². The molecule has 0 aromatic heterocycles. The van der Waals surface area contributed by atoms with E-state index in [2.05, 4.69) is 36.6 Å². The second kappa shape index (κ2) is 5.16. The molecular weight excluding hydrogens is 294 g/mol. The van der Waals surface area contributed by atoms with Gasteiger partial charge in [0.2, 0.25) is 0 Å². The van der Waals surface area contributed by atoms with E-state index in [4.69, 9.17) is 12.2 Å². The third-order valence-corrected chi connectivity index (χ3v) is 5.79. The minimum atomic E-state index is -0.285. The third-order valence-electron chi connectivity index (χ3n) is 5.60. The van der Waals surface area contributed by atoms with Crippen LogP contribution in [0.4, 0.5) is 5.69 Å². The number of carbonyl (C=O) groups excluding carboxylic acids is 1. The first-order valence-electron chi connectivity index (χ1n) is 7.61. The van der Waals surface area contributed by atoms with Crippen molar-refractivity contribution in [2.45, 2.75) is 33.6 Å². The summed E-state index contributed by atoms with van der Waals surface area (Å²) in [6.07, 6.45) is 1.98. The number of para-hydroxylation sites is 1. The maximum atomic E-state index is 12.6. The standard InChI is InChI=1S/C17H21N3OS/c1-16(2)12-9-10-17(16,3)14(21)13(12)19-20-15(22)18-11-7-5-4-6-8-11/h4-8,12H,9-10H2,1-3H3,(H2,18,20,22)/t12-,17-/m0/s1. The van der Waals surface area contributed by atoms with Gasteiger partial charge in [0.25, 0.3) is 0 Å². The number of Topliss-reactive ketones (excluding diaryl/α,β-unsaturated/α-hetero) is 1. The minimum absolute atomic E-state index is 0.0287. The summed E-state index contributed by atoms with van der Waals surface area (Å²) in [5.74, 6) is 0.390. The molecule has 2 aliphatic rings. The van der Waals surface area contributed by atoms with Gasteiger partial charge >= 0.3 is 0 Å². The summed E-state index contributed by atoms with van der Waals surface area (Å²) in [6.45, 7) is 6.41. The highest BCUT2D eigenvalue weighted by Crippen LogP contribution is 2.62. The molecule has 1 aromatic carbocycles. The maximum absolute atomic E-state index is 12.6. The number of nitrogens with zero attached hydrogens (tertiary/aromatic N) is 1. The van der Waals surface area contributed by atoms with Crippen LogP contribution in [-0.2, 0) is 4.79 Å². The van der Waals surface area contributed by atoms with E-state index in [9.17, 15) is 4.79 Å². The zero-order chi connectivity index (χ0) is 16.0. The van der Waals surface area contributed by atoms with E-state index < -0.39 is 0 Å². The van der Waals surface area contributed by atoms with E-state index in [1.54, 1.807) is 0 Å². The number of ketones is 1. The molecule has 0 heterocycles. The molecule has 2 bridgehead atoms. The summed E-state index contributed by atoms with van der Waals surface area (Å²) in [4.78, 5) is 12.6. The lowest BCUT2D eigenvalue weighted by Gasteiger charge is -2.31. The Bertz CT molecular complexity index is 653. The van der Waals surface area contributed by atoms with Crippen molar-refractivity contribution < 1.29 is 4.79 Å². The first kappa shape index (κ1) is 15.2. The number of rotatable bonds is 2. The van der Waals surface area contributed by atoms with E-state index in [-0.39, 0.29) is 22.5 Å². The molecule has 0 unspecified atom stereocenters. The number of hydrogen-bond acceptors (Lipinski definition) is 3. The normalized spacial score (nSPS) is 30.6. The molecule has 2 aliphatic carbocycles. The lowest BCUT2D eigenvalue weighted by Crippen LogP contribution is -2.34. The Hall–Kier alpha value is -1.75. The Kier molecular flexibility index (Phi) is 3.56. The highest BCUT2D eigenvalue weighted by atomic mass is 32.1. The second-order valence-corrected chi connectivity index (χ2v) is 7.31. The fourth-order valence-electron chi connectivity index (χ4n) is 3.75. The monoisotopic (exact) mass is 315 g/mol. The van der Waals surface area contributed by atoms with E-state index in [1.807, 2.05) is 30.3 Å². The zero-order valence-corrected chi connectivity index (χ0v) is 14.0. The SMILES string of the molecule is CC1(C)[C@H]2CC[C@@]1(C)C(=O)C2=NNC(=S)Nc1ccccc1. The van der Waals surface area contributed by atoms with Gasteiger partial charge in [-0.1, -0.05) is 39.0 Å². The number of nitrogens with one attached hydrogen (secondary N) is 2. The highest BCUT2D eigenvalue weighted by Gasteiger charge is 2.65. The van der Waals surface area contributed by atoms with E-state index in [0.717, 1.165) is 18.5 Å². The van der Waals surface area contributed by atoms with Crippen LogP contribution in [0.25, 0.3) is 0 Å². The largest absolute Gasteiger partial charge is 0.331 e. The summed E-state index contributed by atoms with van der Waals surface area (Å²) in [6, 6.07) is 9.65. The lowest BCUT2D eigenvalue weighted by atomic mass is 9.70. The van der Waals surface area contributed by atoms with Gasteiger partial charge in [0.1, 0.15) is 5.71 Å².